The molecule has 0 aliphatic heterocycles. The molecule has 0 aliphatic carbocycles. The molecule has 0 spiro atoms. The first-order chi connectivity index (χ1) is 13.5. The number of halogens is 1. The molecule has 0 radical (unpaired) electrons. The van der Waals surface area contributed by atoms with Crippen molar-refractivity contribution in [1.29, 1.82) is 0 Å². The molecule has 2 aromatic carbocycles. The summed E-state index contributed by atoms with van der Waals surface area (Å²) in [5.74, 6) is 0.397. The molecule has 0 atom stereocenters. The van der Waals surface area contributed by atoms with Crippen LogP contribution in [-0.4, -0.2) is 29.1 Å². The minimum absolute atomic E-state index is 0.0442. The molecule has 2 N–H and O–H groups in total. The van der Waals surface area contributed by atoms with Crippen LogP contribution in [0.25, 0.3) is 5.69 Å². The van der Waals surface area contributed by atoms with E-state index in [9.17, 15) is 4.39 Å². The molecule has 0 saturated heterocycles. The Labute approximate surface area is 165 Å². The first-order valence-electron chi connectivity index (χ1n) is 9.26. The molecule has 0 amide bonds. The van der Waals surface area contributed by atoms with Gasteiger partial charge in [0.2, 0.25) is 0 Å². The van der Waals surface area contributed by atoms with E-state index in [2.05, 4.69) is 46.6 Å². The molecule has 0 aliphatic rings. The fourth-order valence-electron chi connectivity index (χ4n) is 2.97. The molecule has 3 aromatic rings. The summed E-state index contributed by atoms with van der Waals surface area (Å²) in [4.78, 5) is 8.22. The maximum Gasteiger partial charge on any atom is 0.191 e. The number of rotatable bonds is 6. The van der Waals surface area contributed by atoms with Crippen molar-refractivity contribution in [2.45, 2.75) is 25.8 Å². The number of guanidine groups is 1. The van der Waals surface area contributed by atoms with Crippen LogP contribution in [0.5, 0.6) is 0 Å². The number of imidazole rings is 1. The maximum absolute atomic E-state index is 14.4. The normalized spacial score (nSPS) is 12.1. The lowest BCUT2D eigenvalue weighted by Gasteiger charge is -2.26. The van der Waals surface area contributed by atoms with Gasteiger partial charge >= 0.3 is 0 Å². The third-order valence-electron chi connectivity index (χ3n) is 4.73. The second-order valence-electron chi connectivity index (χ2n) is 7.28. The van der Waals surface area contributed by atoms with Crippen molar-refractivity contribution in [3.05, 3.63) is 84.2 Å². The van der Waals surface area contributed by atoms with Crippen LogP contribution in [-0.2, 0) is 12.0 Å². The van der Waals surface area contributed by atoms with E-state index in [1.807, 2.05) is 24.3 Å². The van der Waals surface area contributed by atoms with Crippen molar-refractivity contribution < 1.29 is 4.39 Å². The van der Waals surface area contributed by atoms with Crippen LogP contribution in [0.4, 0.5) is 4.39 Å². The first kappa shape index (κ1) is 19.6. The molecule has 0 bridgehead atoms. The van der Waals surface area contributed by atoms with E-state index in [1.54, 1.807) is 36.4 Å². The summed E-state index contributed by atoms with van der Waals surface area (Å²) in [5, 5.41) is 6.60. The zero-order valence-electron chi connectivity index (χ0n) is 16.5. The van der Waals surface area contributed by atoms with Crippen molar-refractivity contribution in [3.63, 3.8) is 0 Å². The van der Waals surface area contributed by atoms with Gasteiger partial charge in [-0.3, -0.25) is 4.99 Å². The van der Waals surface area contributed by atoms with Gasteiger partial charge < -0.3 is 15.2 Å². The molecule has 0 saturated carbocycles. The summed E-state index contributed by atoms with van der Waals surface area (Å²) in [5.41, 5.74) is 2.53. The SMILES string of the molecule is CN=C(NCc1ccc(-n2ccnc2)c(F)c1)NCC(C)(C)c1ccccc1. The van der Waals surface area contributed by atoms with Gasteiger partial charge in [0.15, 0.2) is 5.96 Å². The Morgan fingerprint density at radius 3 is 2.57 bits per heavy atom. The van der Waals surface area contributed by atoms with Gasteiger partial charge in [-0.15, -0.1) is 0 Å². The van der Waals surface area contributed by atoms with Crippen molar-refractivity contribution in [2.24, 2.45) is 4.99 Å². The van der Waals surface area contributed by atoms with Crippen molar-refractivity contribution in [3.8, 4) is 5.69 Å². The van der Waals surface area contributed by atoms with Crippen LogP contribution in [0.1, 0.15) is 25.0 Å². The average molecular weight is 379 g/mol. The van der Waals surface area contributed by atoms with Gasteiger partial charge in [-0.05, 0) is 23.3 Å². The average Bonchev–Trinajstić information content (AvgIpc) is 3.23. The fraction of sp³-hybridized carbons (Fsp3) is 0.273. The molecule has 28 heavy (non-hydrogen) atoms. The molecule has 0 unspecified atom stereocenters. The lowest BCUT2D eigenvalue weighted by Crippen LogP contribution is -2.43. The largest absolute Gasteiger partial charge is 0.356 e. The summed E-state index contributed by atoms with van der Waals surface area (Å²) in [6.45, 7) is 5.58. The number of benzene rings is 2. The maximum atomic E-state index is 14.4. The highest BCUT2D eigenvalue weighted by atomic mass is 19.1. The van der Waals surface area contributed by atoms with E-state index >= 15 is 0 Å². The lowest BCUT2D eigenvalue weighted by atomic mass is 9.85. The summed E-state index contributed by atoms with van der Waals surface area (Å²) in [7, 11) is 1.73. The minimum atomic E-state index is -0.287. The highest BCUT2D eigenvalue weighted by Gasteiger charge is 2.20. The van der Waals surface area contributed by atoms with Crippen LogP contribution in [0.15, 0.2) is 72.2 Å². The molecular formula is C22H26FN5. The Morgan fingerprint density at radius 2 is 1.93 bits per heavy atom. The number of aromatic nitrogens is 2. The molecule has 5 nitrogen and oxygen atoms in total. The van der Waals surface area contributed by atoms with Crippen LogP contribution in [0, 0.1) is 5.82 Å². The second kappa shape index (κ2) is 8.69. The summed E-state index contributed by atoms with van der Waals surface area (Å²) in [6, 6.07) is 15.5. The van der Waals surface area contributed by atoms with Crippen molar-refractivity contribution in [2.75, 3.05) is 13.6 Å². The molecule has 3 rings (SSSR count). The van der Waals surface area contributed by atoms with Gasteiger partial charge in [0, 0.05) is 37.9 Å². The second-order valence-corrected chi connectivity index (χ2v) is 7.28. The number of nitrogens with zero attached hydrogens (tertiary/aromatic N) is 3. The summed E-state index contributed by atoms with van der Waals surface area (Å²) in [6.07, 6.45) is 4.93. The summed E-state index contributed by atoms with van der Waals surface area (Å²) < 4.78 is 16.0. The topological polar surface area (TPSA) is 54.2 Å². The summed E-state index contributed by atoms with van der Waals surface area (Å²) >= 11 is 0. The van der Waals surface area contributed by atoms with Crippen LogP contribution in [0.3, 0.4) is 0 Å². The monoisotopic (exact) mass is 379 g/mol. The molecule has 0 fully saturated rings. The van der Waals surface area contributed by atoms with Crippen LogP contribution in [0.2, 0.25) is 0 Å². The quantitative estimate of drug-likeness (QED) is 0.508. The first-order valence-corrected chi connectivity index (χ1v) is 9.26. The van der Waals surface area contributed by atoms with Gasteiger partial charge in [0.1, 0.15) is 5.82 Å². The van der Waals surface area contributed by atoms with E-state index in [0.717, 1.165) is 12.1 Å². The Hall–Kier alpha value is -3.15. The predicted octanol–water partition coefficient (Wildman–Crippen LogP) is 3.65. The number of nitrogens with one attached hydrogen (secondary N) is 2. The highest BCUT2D eigenvalue weighted by Crippen LogP contribution is 2.21. The van der Waals surface area contributed by atoms with Gasteiger partial charge in [0.05, 0.1) is 12.0 Å². The van der Waals surface area contributed by atoms with Gasteiger partial charge in [-0.25, -0.2) is 9.37 Å². The van der Waals surface area contributed by atoms with Crippen molar-refractivity contribution >= 4 is 5.96 Å². The number of hydrogen-bond donors (Lipinski definition) is 2. The van der Waals surface area contributed by atoms with E-state index in [4.69, 9.17) is 0 Å². The van der Waals surface area contributed by atoms with Gasteiger partial charge in [0.25, 0.3) is 0 Å². The van der Waals surface area contributed by atoms with E-state index in [1.165, 1.54) is 11.6 Å². The van der Waals surface area contributed by atoms with Crippen LogP contribution >= 0.6 is 0 Å². The van der Waals surface area contributed by atoms with E-state index < -0.39 is 0 Å². The number of hydrogen-bond acceptors (Lipinski definition) is 2. The van der Waals surface area contributed by atoms with Gasteiger partial charge in [-0.2, -0.15) is 0 Å². The predicted molar refractivity (Wildman–Crippen MR) is 111 cm³/mol. The van der Waals surface area contributed by atoms with Crippen LogP contribution < -0.4 is 10.6 Å². The molecule has 1 heterocycles. The molecular weight excluding hydrogens is 353 g/mol. The number of aliphatic imine (C=N–C) groups is 1. The zero-order chi connectivity index (χ0) is 20.0. The van der Waals surface area contributed by atoms with Crippen molar-refractivity contribution in [1.82, 2.24) is 20.2 Å². The van der Waals surface area contributed by atoms with E-state index in [0.29, 0.717) is 18.2 Å². The molecule has 6 heteroatoms. The Morgan fingerprint density at radius 1 is 1.14 bits per heavy atom. The third kappa shape index (κ3) is 4.76. The Kier molecular flexibility index (Phi) is 6.09. The Bertz CT molecular complexity index is 917. The smallest absolute Gasteiger partial charge is 0.191 e. The Balaban J connectivity index is 1.58. The molecule has 146 valence electrons. The fourth-order valence-corrected chi connectivity index (χ4v) is 2.97. The lowest BCUT2D eigenvalue weighted by molar-refractivity contribution is 0.508. The van der Waals surface area contributed by atoms with Gasteiger partial charge in [-0.1, -0.05) is 50.2 Å². The minimum Gasteiger partial charge on any atom is -0.356 e. The molecule has 1 aromatic heterocycles. The highest BCUT2D eigenvalue weighted by molar-refractivity contribution is 5.79. The standard InChI is InChI=1S/C22H26FN5/c1-22(2,18-7-5-4-6-8-18)15-27-21(24-3)26-14-17-9-10-20(19(23)13-17)28-12-11-25-16-28/h4-13,16H,14-15H2,1-3H3,(H2,24,26,27). The third-order valence-corrected chi connectivity index (χ3v) is 4.73. The zero-order valence-corrected chi connectivity index (χ0v) is 16.5. The van der Waals surface area contributed by atoms with E-state index in [-0.39, 0.29) is 11.2 Å².